The van der Waals surface area contributed by atoms with Crippen LogP contribution in [0.25, 0.3) is 0 Å². The lowest BCUT2D eigenvalue weighted by atomic mass is 9.86. The summed E-state index contributed by atoms with van der Waals surface area (Å²) in [6.45, 7) is 9.22. The van der Waals surface area contributed by atoms with Crippen molar-refractivity contribution in [2.45, 2.75) is 83.9 Å². The van der Waals surface area contributed by atoms with Crippen LogP contribution in [0.4, 0.5) is 0 Å². The van der Waals surface area contributed by atoms with E-state index in [1.165, 1.54) is 38.5 Å². The van der Waals surface area contributed by atoms with Crippen molar-refractivity contribution in [3.05, 3.63) is 11.8 Å². The number of rotatable bonds is 6. The molecule has 1 aliphatic carbocycles. The molecule has 1 aromatic heterocycles. The van der Waals surface area contributed by atoms with Crippen molar-refractivity contribution < 1.29 is 9.15 Å². The molecule has 0 spiro atoms. The first-order chi connectivity index (χ1) is 11.1. The molecule has 1 aromatic rings. The molecule has 2 fully saturated rings. The maximum absolute atomic E-state index is 5.87. The molecule has 23 heavy (non-hydrogen) atoms. The molecule has 0 bridgehead atoms. The van der Waals surface area contributed by atoms with Gasteiger partial charge < -0.3 is 9.15 Å². The fourth-order valence-corrected chi connectivity index (χ4v) is 3.74. The summed E-state index contributed by atoms with van der Waals surface area (Å²) in [5.74, 6) is 2.66. The van der Waals surface area contributed by atoms with Crippen molar-refractivity contribution in [1.82, 2.24) is 15.1 Å². The van der Waals surface area contributed by atoms with Crippen molar-refractivity contribution >= 4 is 0 Å². The molecule has 0 amide bonds. The molecule has 1 aliphatic heterocycles. The van der Waals surface area contributed by atoms with E-state index in [1.807, 2.05) is 0 Å². The maximum atomic E-state index is 5.87. The van der Waals surface area contributed by atoms with Gasteiger partial charge in [0, 0.05) is 25.1 Å². The molecule has 1 unspecified atom stereocenters. The van der Waals surface area contributed by atoms with Crippen molar-refractivity contribution in [2.75, 3.05) is 13.2 Å². The number of ether oxygens (including phenoxy) is 1. The average Bonchev–Trinajstić information content (AvgIpc) is 3.19. The van der Waals surface area contributed by atoms with Crippen LogP contribution in [-0.2, 0) is 11.3 Å². The highest BCUT2D eigenvalue weighted by molar-refractivity contribution is 4.89. The summed E-state index contributed by atoms with van der Waals surface area (Å²) < 4.78 is 11.7. The Kier molecular flexibility index (Phi) is 5.70. The summed E-state index contributed by atoms with van der Waals surface area (Å²) >= 11 is 0. The third-order valence-electron chi connectivity index (χ3n) is 5.28. The van der Waals surface area contributed by atoms with Gasteiger partial charge in [-0.15, -0.1) is 10.2 Å². The van der Waals surface area contributed by atoms with Crippen molar-refractivity contribution in [1.29, 1.82) is 0 Å². The third-order valence-corrected chi connectivity index (χ3v) is 5.28. The smallest absolute Gasteiger partial charge is 0.230 e. The molecule has 5 heteroatoms. The van der Waals surface area contributed by atoms with Crippen LogP contribution in [0.5, 0.6) is 0 Å². The molecule has 0 N–H and O–H groups in total. The Labute approximate surface area is 139 Å². The Balaban J connectivity index is 1.65. The Morgan fingerprint density at radius 3 is 2.52 bits per heavy atom. The fraction of sp³-hybridized carbons (Fsp3) is 0.889. The van der Waals surface area contributed by atoms with Gasteiger partial charge in [0.05, 0.1) is 12.6 Å². The van der Waals surface area contributed by atoms with Crippen LogP contribution in [0.15, 0.2) is 4.42 Å². The molecule has 2 heterocycles. The van der Waals surface area contributed by atoms with E-state index < -0.39 is 0 Å². The minimum Gasteiger partial charge on any atom is -0.424 e. The predicted octanol–water partition coefficient (Wildman–Crippen LogP) is 3.75. The Morgan fingerprint density at radius 2 is 1.91 bits per heavy atom. The number of aromatic nitrogens is 2. The highest BCUT2D eigenvalue weighted by Crippen LogP contribution is 2.29. The van der Waals surface area contributed by atoms with Crippen LogP contribution in [0.3, 0.4) is 0 Å². The highest BCUT2D eigenvalue weighted by Gasteiger charge is 2.29. The summed E-state index contributed by atoms with van der Waals surface area (Å²) in [6.07, 6.45) is 7.96. The molecule has 130 valence electrons. The van der Waals surface area contributed by atoms with Crippen molar-refractivity contribution in [3.63, 3.8) is 0 Å². The van der Waals surface area contributed by atoms with E-state index in [-0.39, 0.29) is 0 Å². The van der Waals surface area contributed by atoms with Gasteiger partial charge in [0.2, 0.25) is 11.8 Å². The van der Waals surface area contributed by atoms with Crippen LogP contribution in [-0.4, -0.2) is 40.4 Å². The first-order valence-electron chi connectivity index (χ1n) is 9.29. The number of nitrogens with zero attached hydrogens (tertiary/aromatic N) is 3. The molecule has 0 aromatic carbocycles. The van der Waals surface area contributed by atoms with E-state index in [9.17, 15) is 0 Å². The first kappa shape index (κ1) is 16.9. The third kappa shape index (κ3) is 4.54. The largest absolute Gasteiger partial charge is 0.424 e. The first-order valence-corrected chi connectivity index (χ1v) is 9.29. The molecular weight excluding hydrogens is 290 g/mol. The SMILES string of the molecule is CC1CCC(N(Cc2nnc(C(C)C)o2)CC2CCCO2)CC1. The van der Waals surface area contributed by atoms with E-state index in [4.69, 9.17) is 9.15 Å². The fourth-order valence-electron chi connectivity index (χ4n) is 3.74. The minimum atomic E-state index is 0.290. The molecule has 2 aliphatic rings. The van der Waals surface area contributed by atoms with Gasteiger partial charge in [-0.3, -0.25) is 4.90 Å². The van der Waals surface area contributed by atoms with Gasteiger partial charge in [-0.1, -0.05) is 20.8 Å². The summed E-state index contributed by atoms with van der Waals surface area (Å²) in [5, 5.41) is 8.45. The molecule has 1 atom stereocenters. The summed E-state index contributed by atoms with van der Waals surface area (Å²) in [4.78, 5) is 2.54. The predicted molar refractivity (Wildman–Crippen MR) is 89.2 cm³/mol. The Hall–Kier alpha value is -0.940. The molecule has 5 nitrogen and oxygen atoms in total. The zero-order valence-corrected chi connectivity index (χ0v) is 14.8. The topological polar surface area (TPSA) is 51.4 Å². The van der Waals surface area contributed by atoms with Gasteiger partial charge in [-0.05, 0) is 44.4 Å². The quantitative estimate of drug-likeness (QED) is 0.798. The van der Waals surface area contributed by atoms with E-state index >= 15 is 0 Å². The van der Waals surface area contributed by atoms with Crippen LogP contribution >= 0.6 is 0 Å². The second-order valence-electron chi connectivity index (χ2n) is 7.67. The zero-order valence-electron chi connectivity index (χ0n) is 14.8. The van der Waals surface area contributed by atoms with E-state index in [0.717, 1.165) is 37.4 Å². The summed E-state index contributed by atoms with van der Waals surface area (Å²) in [5.41, 5.74) is 0. The van der Waals surface area contributed by atoms with Crippen LogP contribution in [0.2, 0.25) is 0 Å². The molecule has 3 rings (SSSR count). The number of hydrogen-bond acceptors (Lipinski definition) is 5. The standard InChI is InChI=1S/C18H31N3O2/c1-13(2)18-20-19-17(23-18)12-21(11-16-5-4-10-22-16)15-8-6-14(3)7-9-15/h13-16H,4-12H2,1-3H3. The molecule has 1 saturated heterocycles. The Bertz CT molecular complexity index is 474. The van der Waals surface area contributed by atoms with Crippen LogP contribution < -0.4 is 0 Å². The highest BCUT2D eigenvalue weighted by atomic mass is 16.5. The van der Waals surface area contributed by atoms with Gasteiger partial charge in [-0.25, -0.2) is 0 Å². The van der Waals surface area contributed by atoms with Crippen LogP contribution in [0.1, 0.15) is 77.0 Å². The number of hydrogen-bond donors (Lipinski definition) is 0. The second kappa shape index (κ2) is 7.75. The van der Waals surface area contributed by atoms with E-state index in [2.05, 4.69) is 35.9 Å². The van der Waals surface area contributed by atoms with E-state index in [0.29, 0.717) is 18.1 Å². The second-order valence-corrected chi connectivity index (χ2v) is 7.67. The van der Waals surface area contributed by atoms with Crippen molar-refractivity contribution in [3.8, 4) is 0 Å². The van der Waals surface area contributed by atoms with Crippen molar-refractivity contribution in [2.24, 2.45) is 5.92 Å². The van der Waals surface area contributed by atoms with Gasteiger partial charge in [0.25, 0.3) is 0 Å². The normalized spacial score (nSPS) is 28.8. The average molecular weight is 321 g/mol. The summed E-state index contributed by atoms with van der Waals surface area (Å²) in [6, 6.07) is 0.629. The lowest BCUT2D eigenvalue weighted by Gasteiger charge is -2.36. The minimum absolute atomic E-state index is 0.290. The molecular formula is C18H31N3O2. The molecule has 0 radical (unpaired) electrons. The Morgan fingerprint density at radius 1 is 1.13 bits per heavy atom. The monoisotopic (exact) mass is 321 g/mol. The van der Waals surface area contributed by atoms with Gasteiger partial charge in [0.1, 0.15) is 0 Å². The molecule has 1 saturated carbocycles. The van der Waals surface area contributed by atoms with Crippen LogP contribution in [0, 0.1) is 5.92 Å². The lowest BCUT2D eigenvalue weighted by molar-refractivity contribution is 0.0368. The van der Waals surface area contributed by atoms with Gasteiger partial charge in [0.15, 0.2) is 0 Å². The summed E-state index contributed by atoms with van der Waals surface area (Å²) in [7, 11) is 0. The zero-order chi connectivity index (χ0) is 16.2. The maximum Gasteiger partial charge on any atom is 0.230 e. The van der Waals surface area contributed by atoms with Gasteiger partial charge >= 0.3 is 0 Å². The van der Waals surface area contributed by atoms with E-state index in [1.54, 1.807) is 0 Å². The lowest BCUT2D eigenvalue weighted by Crippen LogP contribution is -2.41. The van der Waals surface area contributed by atoms with Gasteiger partial charge in [-0.2, -0.15) is 0 Å².